The van der Waals surface area contributed by atoms with Gasteiger partial charge in [-0.15, -0.1) is 12.4 Å². The van der Waals surface area contributed by atoms with Crippen LogP contribution < -0.4 is 5.32 Å². The Labute approximate surface area is 92.0 Å². The molecule has 4 heteroatoms. The maximum absolute atomic E-state index is 11.3. The van der Waals surface area contributed by atoms with E-state index in [-0.39, 0.29) is 24.5 Å². The smallest absolute Gasteiger partial charge is 0.306 e. The molecular weight excluding hydrogens is 202 g/mol. The second kappa shape index (κ2) is 7.07. The molecule has 0 saturated carbocycles. The van der Waals surface area contributed by atoms with Gasteiger partial charge in [0.25, 0.3) is 0 Å². The van der Waals surface area contributed by atoms with Gasteiger partial charge >= 0.3 is 5.97 Å². The molecule has 0 radical (unpaired) electrons. The van der Waals surface area contributed by atoms with Crippen molar-refractivity contribution in [1.82, 2.24) is 5.32 Å². The second-order valence-electron chi connectivity index (χ2n) is 4.06. The number of piperidine rings is 1. The molecule has 1 N–H and O–H groups in total. The van der Waals surface area contributed by atoms with Gasteiger partial charge in [0.05, 0.1) is 0 Å². The molecule has 1 aliphatic rings. The quantitative estimate of drug-likeness (QED) is 0.738. The third-order valence-corrected chi connectivity index (χ3v) is 2.12. The Hall–Kier alpha value is -0.280. The molecule has 1 unspecified atom stereocenters. The lowest BCUT2D eigenvalue weighted by Crippen LogP contribution is -2.36. The van der Waals surface area contributed by atoms with Crippen molar-refractivity contribution in [2.45, 2.75) is 39.2 Å². The molecule has 1 atom stereocenters. The fourth-order valence-electron chi connectivity index (χ4n) is 1.49. The highest BCUT2D eigenvalue weighted by atomic mass is 35.5. The SMILES string of the molecule is CC(C)CC(=O)OC1CCCNC1.Cl. The van der Waals surface area contributed by atoms with Crippen LogP contribution in [0.5, 0.6) is 0 Å². The van der Waals surface area contributed by atoms with Crippen molar-refractivity contribution in [3.8, 4) is 0 Å². The van der Waals surface area contributed by atoms with E-state index in [1.807, 2.05) is 13.8 Å². The van der Waals surface area contributed by atoms with Gasteiger partial charge in [0.15, 0.2) is 0 Å². The summed E-state index contributed by atoms with van der Waals surface area (Å²) in [6.45, 7) is 5.93. The highest BCUT2D eigenvalue weighted by Crippen LogP contribution is 2.09. The molecule has 1 saturated heterocycles. The Morgan fingerprint density at radius 2 is 2.29 bits per heavy atom. The highest BCUT2D eigenvalue weighted by Gasteiger charge is 2.17. The van der Waals surface area contributed by atoms with Crippen LogP contribution in [0, 0.1) is 5.92 Å². The summed E-state index contributed by atoms with van der Waals surface area (Å²) >= 11 is 0. The number of nitrogens with one attached hydrogen (secondary N) is 1. The van der Waals surface area contributed by atoms with Gasteiger partial charge in [0, 0.05) is 13.0 Å². The van der Waals surface area contributed by atoms with Crippen molar-refractivity contribution in [2.24, 2.45) is 5.92 Å². The van der Waals surface area contributed by atoms with E-state index in [0.717, 1.165) is 25.9 Å². The van der Waals surface area contributed by atoms with Crippen LogP contribution in [0.1, 0.15) is 33.1 Å². The van der Waals surface area contributed by atoms with E-state index < -0.39 is 0 Å². The van der Waals surface area contributed by atoms with Crippen molar-refractivity contribution in [1.29, 1.82) is 0 Å². The highest BCUT2D eigenvalue weighted by molar-refractivity contribution is 5.85. The summed E-state index contributed by atoms with van der Waals surface area (Å²) in [6, 6.07) is 0. The summed E-state index contributed by atoms with van der Waals surface area (Å²) in [5, 5.41) is 3.22. The van der Waals surface area contributed by atoms with Gasteiger partial charge < -0.3 is 10.1 Å². The molecule has 84 valence electrons. The lowest BCUT2D eigenvalue weighted by Gasteiger charge is -2.23. The molecule has 0 aromatic carbocycles. The molecule has 14 heavy (non-hydrogen) atoms. The summed E-state index contributed by atoms with van der Waals surface area (Å²) in [7, 11) is 0. The minimum absolute atomic E-state index is 0. The summed E-state index contributed by atoms with van der Waals surface area (Å²) in [5.41, 5.74) is 0. The van der Waals surface area contributed by atoms with E-state index in [1.54, 1.807) is 0 Å². The largest absolute Gasteiger partial charge is 0.461 e. The molecule has 0 aromatic rings. The summed E-state index contributed by atoms with van der Waals surface area (Å²) < 4.78 is 5.30. The van der Waals surface area contributed by atoms with Crippen LogP contribution in [-0.2, 0) is 9.53 Å². The molecule has 0 aromatic heterocycles. The van der Waals surface area contributed by atoms with Gasteiger partial charge in [0.2, 0.25) is 0 Å². The fourth-order valence-corrected chi connectivity index (χ4v) is 1.49. The van der Waals surface area contributed by atoms with Gasteiger partial charge in [-0.25, -0.2) is 0 Å². The first-order valence-corrected chi connectivity index (χ1v) is 5.08. The molecule has 0 bridgehead atoms. The number of ether oxygens (including phenoxy) is 1. The monoisotopic (exact) mass is 221 g/mol. The van der Waals surface area contributed by atoms with E-state index in [4.69, 9.17) is 4.74 Å². The average Bonchev–Trinajstić information content (AvgIpc) is 2.04. The van der Waals surface area contributed by atoms with Crippen LogP contribution in [-0.4, -0.2) is 25.2 Å². The molecule has 1 heterocycles. The molecule has 0 amide bonds. The summed E-state index contributed by atoms with van der Waals surface area (Å²) in [6.07, 6.45) is 2.77. The van der Waals surface area contributed by atoms with E-state index in [2.05, 4.69) is 5.32 Å². The van der Waals surface area contributed by atoms with Gasteiger partial charge in [-0.3, -0.25) is 4.79 Å². The number of esters is 1. The van der Waals surface area contributed by atoms with Crippen LogP contribution in [0.3, 0.4) is 0 Å². The van der Waals surface area contributed by atoms with Crippen molar-refractivity contribution in [3.63, 3.8) is 0 Å². The number of hydrogen-bond donors (Lipinski definition) is 1. The number of carbonyl (C=O) groups excluding carboxylic acids is 1. The zero-order valence-electron chi connectivity index (χ0n) is 8.91. The summed E-state index contributed by atoms with van der Waals surface area (Å²) in [4.78, 5) is 11.3. The third-order valence-electron chi connectivity index (χ3n) is 2.12. The Kier molecular flexibility index (Phi) is 6.93. The van der Waals surface area contributed by atoms with Gasteiger partial charge in [-0.2, -0.15) is 0 Å². The number of halogens is 1. The number of carbonyl (C=O) groups is 1. The normalized spacial score (nSPS) is 21.5. The Balaban J connectivity index is 0.00000169. The minimum atomic E-state index is -0.0521. The molecule has 1 fully saturated rings. The number of hydrogen-bond acceptors (Lipinski definition) is 3. The molecule has 3 nitrogen and oxygen atoms in total. The number of rotatable bonds is 3. The molecule has 0 spiro atoms. The Morgan fingerprint density at radius 3 is 2.79 bits per heavy atom. The van der Waals surface area contributed by atoms with Crippen molar-refractivity contribution in [3.05, 3.63) is 0 Å². The van der Waals surface area contributed by atoms with Crippen molar-refractivity contribution in [2.75, 3.05) is 13.1 Å². The van der Waals surface area contributed by atoms with Crippen LogP contribution in [0.15, 0.2) is 0 Å². The molecular formula is C10H20ClNO2. The zero-order valence-corrected chi connectivity index (χ0v) is 9.73. The van der Waals surface area contributed by atoms with Gasteiger partial charge in [0.1, 0.15) is 6.10 Å². The van der Waals surface area contributed by atoms with Gasteiger partial charge in [-0.05, 0) is 25.3 Å². The third kappa shape index (κ3) is 5.45. The average molecular weight is 222 g/mol. The Morgan fingerprint density at radius 1 is 1.57 bits per heavy atom. The van der Waals surface area contributed by atoms with Gasteiger partial charge in [-0.1, -0.05) is 13.8 Å². The zero-order chi connectivity index (χ0) is 9.68. The van der Waals surface area contributed by atoms with E-state index in [9.17, 15) is 4.79 Å². The summed E-state index contributed by atoms with van der Waals surface area (Å²) in [5.74, 6) is 0.341. The molecule has 1 rings (SSSR count). The first-order valence-electron chi connectivity index (χ1n) is 5.08. The Bertz CT molecular complexity index is 168. The first-order chi connectivity index (χ1) is 6.18. The maximum atomic E-state index is 11.3. The predicted octanol–water partition coefficient (Wildman–Crippen LogP) is 1.75. The van der Waals surface area contributed by atoms with Crippen LogP contribution >= 0.6 is 12.4 Å². The van der Waals surface area contributed by atoms with Crippen LogP contribution in [0.2, 0.25) is 0 Å². The van der Waals surface area contributed by atoms with Crippen molar-refractivity contribution >= 4 is 18.4 Å². The lowest BCUT2D eigenvalue weighted by molar-refractivity contribution is -0.150. The topological polar surface area (TPSA) is 38.3 Å². The minimum Gasteiger partial charge on any atom is -0.461 e. The standard InChI is InChI=1S/C10H19NO2.ClH/c1-8(2)6-10(12)13-9-4-3-5-11-7-9;/h8-9,11H,3-7H2,1-2H3;1H. The van der Waals surface area contributed by atoms with E-state index in [0.29, 0.717) is 12.3 Å². The molecule has 0 aliphatic carbocycles. The van der Waals surface area contributed by atoms with E-state index in [1.165, 1.54) is 0 Å². The van der Waals surface area contributed by atoms with Crippen LogP contribution in [0.25, 0.3) is 0 Å². The predicted molar refractivity (Wildman–Crippen MR) is 58.7 cm³/mol. The maximum Gasteiger partial charge on any atom is 0.306 e. The van der Waals surface area contributed by atoms with Crippen molar-refractivity contribution < 1.29 is 9.53 Å². The second-order valence-corrected chi connectivity index (χ2v) is 4.06. The first kappa shape index (κ1) is 13.7. The van der Waals surface area contributed by atoms with Crippen LogP contribution in [0.4, 0.5) is 0 Å². The lowest BCUT2D eigenvalue weighted by atomic mass is 10.1. The van der Waals surface area contributed by atoms with E-state index >= 15 is 0 Å². The molecule has 1 aliphatic heterocycles. The fraction of sp³-hybridized carbons (Fsp3) is 0.900.